The van der Waals surface area contributed by atoms with Crippen LogP contribution in [0.3, 0.4) is 0 Å². The Hall–Kier alpha value is -2.37. The summed E-state index contributed by atoms with van der Waals surface area (Å²) in [7, 11) is -3.86. The van der Waals surface area contributed by atoms with Crippen molar-refractivity contribution < 1.29 is 13.2 Å². The normalized spacial score (nSPS) is 17.0. The van der Waals surface area contributed by atoms with Crippen LogP contribution in [0.5, 0.6) is 0 Å². The van der Waals surface area contributed by atoms with E-state index in [0.29, 0.717) is 22.3 Å². The number of fused-ring (bicyclic) bond motifs is 1. The summed E-state index contributed by atoms with van der Waals surface area (Å²) in [5.41, 5.74) is 2.71. The summed E-state index contributed by atoms with van der Waals surface area (Å²) in [4.78, 5) is 24.7. The number of hydrogen-bond acceptors (Lipinski definition) is 7. The van der Waals surface area contributed by atoms with Gasteiger partial charge in [0.15, 0.2) is 5.13 Å². The second-order valence-electron chi connectivity index (χ2n) is 8.39. The number of rotatable bonds is 6. The number of benzene rings is 1. The molecule has 4 aromatic rings. The number of hydrogen-bond donors (Lipinski definition) is 0. The first-order chi connectivity index (χ1) is 16.8. The highest BCUT2D eigenvalue weighted by Gasteiger charge is 2.41. The topological polar surface area (TPSA) is 83.5 Å². The maximum absolute atomic E-state index is 14.1. The highest BCUT2D eigenvalue weighted by Crippen LogP contribution is 2.35. The average Bonchev–Trinajstić information content (AvgIpc) is 3.50. The summed E-state index contributed by atoms with van der Waals surface area (Å²) < 4.78 is 29.9. The van der Waals surface area contributed by atoms with Gasteiger partial charge in [0, 0.05) is 18.9 Å². The van der Waals surface area contributed by atoms with Gasteiger partial charge in [0.05, 0.1) is 21.1 Å². The van der Waals surface area contributed by atoms with Crippen LogP contribution in [-0.4, -0.2) is 41.2 Å². The molecular weight excluding hydrogens is 524 g/mol. The molecular formula is C24H23ClN4O3S3. The first kappa shape index (κ1) is 24.3. The minimum absolute atomic E-state index is 0.150. The zero-order valence-electron chi connectivity index (χ0n) is 18.9. The summed E-state index contributed by atoms with van der Waals surface area (Å²) in [5, 5.41) is 0.547. The Kier molecular flexibility index (Phi) is 6.91. The van der Waals surface area contributed by atoms with Crippen molar-refractivity contribution in [1.29, 1.82) is 0 Å². The van der Waals surface area contributed by atoms with Crippen molar-refractivity contribution in [2.24, 2.45) is 0 Å². The lowest BCUT2D eigenvalue weighted by Gasteiger charge is -2.35. The molecule has 1 aliphatic rings. The number of thiazole rings is 1. The molecule has 0 aliphatic carbocycles. The van der Waals surface area contributed by atoms with Crippen molar-refractivity contribution >= 4 is 65.6 Å². The van der Waals surface area contributed by atoms with E-state index >= 15 is 0 Å². The van der Waals surface area contributed by atoms with Gasteiger partial charge in [0.2, 0.25) is 5.91 Å². The zero-order chi connectivity index (χ0) is 24.6. The van der Waals surface area contributed by atoms with Gasteiger partial charge in [0.1, 0.15) is 10.3 Å². The number of halogens is 1. The first-order valence-electron chi connectivity index (χ1n) is 11.2. The van der Waals surface area contributed by atoms with Gasteiger partial charge in [-0.1, -0.05) is 47.6 Å². The second-order valence-corrected chi connectivity index (χ2v) is 13.2. The summed E-state index contributed by atoms with van der Waals surface area (Å²) in [6.45, 7) is 2.52. The van der Waals surface area contributed by atoms with Crippen LogP contribution in [0.25, 0.3) is 10.2 Å². The molecule has 1 aliphatic heterocycles. The lowest BCUT2D eigenvalue weighted by atomic mass is 10.0. The molecule has 11 heteroatoms. The molecule has 4 heterocycles. The van der Waals surface area contributed by atoms with Gasteiger partial charge < -0.3 is 0 Å². The number of aromatic nitrogens is 2. The Morgan fingerprint density at radius 3 is 2.74 bits per heavy atom. The molecule has 1 aromatic carbocycles. The molecule has 0 radical (unpaired) electrons. The number of sulfonamides is 1. The van der Waals surface area contributed by atoms with Gasteiger partial charge in [-0.3, -0.25) is 14.7 Å². The standard InChI is InChI=1S/C24H23ClN4O3S3/c1-16-6-4-9-19-22(16)27-24(33-19)28(15-17-7-5-12-26-14-17)23(30)18-8-2-3-13-29(18)35(31,32)21-11-10-20(25)34-21/h4-7,9-12,14,18H,2-3,8,13,15H2,1H3. The van der Waals surface area contributed by atoms with Crippen molar-refractivity contribution in [3.05, 3.63) is 70.3 Å². The molecule has 5 rings (SSSR count). The van der Waals surface area contributed by atoms with Crippen LogP contribution in [-0.2, 0) is 21.4 Å². The molecule has 0 saturated carbocycles. The fourth-order valence-electron chi connectivity index (χ4n) is 4.28. The van der Waals surface area contributed by atoms with E-state index in [4.69, 9.17) is 16.6 Å². The number of aryl methyl sites for hydroxylation is 1. The fourth-order valence-corrected chi connectivity index (χ4v) is 8.59. The van der Waals surface area contributed by atoms with Gasteiger partial charge in [-0.25, -0.2) is 13.4 Å². The van der Waals surface area contributed by atoms with E-state index in [0.717, 1.165) is 39.1 Å². The Balaban J connectivity index is 1.55. The van der Waals surface area contributed by atoms with Crippen LogP contribution in [0, 0.1) is 6.92 Å². The molecule has 1 saturated heterocycles. The van der Waals surface area contributed by atoms with Gasteiger partial charge >= 0.3 is 0 Å². The van der Waals surface area contributed by atoms with Crippen LogP contribution in [0.1, 0.15) is 30.4 Å². The van der Waals surface area contributed by atoms with E-state index in [1.807, 2.05) is 37.3 Å². The minimum atomic E-state index is -3.86. The highest BCUT2D eigenvalue weighted by molar-refractivity contribution is 7.91. The van der Waals surface area contributed by atoms with E-state index in [-0.39, 0.29) is 23.2 Å². The molecule has 7 nitrogen and oxygen atoms in total. The number of nitrogens with zero attached hydrogens (tertiary/aromatic N) is 4. The summed E-state index contributed by atoms with van der Waals surface area (Å²) >= 11 is 8.46. The molecule has 35 heavy (non-hydrogen) atoms. The number of piperidine rings is 1. The van der Waals surface area contributed by atoms with E-state index in [1.165, 1.54) is 21.7 Å². The largest absolute Gasteiger partial charge is 0.282 e. The van der Waals surface area contributed by atoms with Crippen molar-refractivity contribution in [2.45, 2.75) is 43.0 Å². The number of amides is 1. The number of carbonyl (C=O) groups is 1. The molecule has 3 aromatic heterocycles. The Morgan fingerprint density at radius 2 is 2.03 bits per heavy atom. The fraction of sp³-hybridized carbons (Fsp3) is 0.292. The lowest BCUT2D eigenvalue weighted by molar-refractivity contribution is -0.123. The Bertz CT molecular complexity index is 1470. The highest BCUT2D eigenvalue weighted by atomic mass is 35.5. The van der Waals surface area contributed by atoms with Crippen molar-refractivity contribution in [1.82, 2.24) is 14.3 Å². The molecule has 0 bridgehead atoms. The van der Waals surface area contributed by atoms with E-state index in [2.05, 4.69) is 4.98 Å². The van der Waals surface area contributed by atoms with E-state index < -0.39 is 16.1 Å². The van der Waals surface area contributed by atoms with Crippen LogP contribution in [0.4, 0.5) is 5.13 Å². The monoisotopic (exact) mass is 546 g/mol. The van der Waals surface area contributed by atoms with Gasteiger partial charge in [-0.05, 0) is 55.2 Å². The van der Waals surface area contributed by atoms with Crippen LogP contribution in [0.15, 0.2) is 59.1 Å². The van der Waals surface area contributed by atoms with E-state index in [9.17, 15) is 13.2 Å². The maximum Gasteiger partial charge on any atom is 0.253 e. The number of thiophene rings is 1. The molecule has 1 atom stereocenters. The van der Waals surface area contributed by atoms with Gasteiger partial charge in [0.25, 0.3) is 10.0 Å². The van der Waals surface area contributed by atoms with Crippen LogP contribution < -0.4 is 4.90 Å². The van der Waals surface area contributed by atoms with E-state index in [1.54, 1.807) is 23.4 Å². The number of anilines is 1. The number of para-hydroxylation sites is 1. The van der Waals surface area contributed by atoms with Gasteiger partial charge in [-0.2, -0.15) is 4.31 Å². The van der Waals surface area contributed by atoms with Crippen molar-refractivity contribution in [2.75, 3.05) is 11.4 Å². The van der Waals surface area contributed by atoms with Crippen molar-refractivity contribution in [3.8, 4) is 0 Å². The first-order valence-corrected chi connectivity index (χ1v) is 14.6. The molecule has 1 amide bonds. The molecule has 0 N–H and O–H groups in total. The summed E-state index contributed by atoms with van der Waals surface area (Å²) in [6.07, 6.45) is 5.31. The number of carbonyl (C=O) groups excluding carboxylic acids is 1. The van der Waals surface area contributed by atoms with Crippen LogP contribution in [0.2, 0.25) is 4.34 Å². The maximum atomic E-state index is 14.1. The lowest BCUT2D eigenvalue weighted by Crippen LogP contribution is -2.52. The Labute approximate surface area is 217 Å². The quantitative estimate of drug-likeness (QED) is 0.319. The number of pyridine rings is 1. The Morgan fingerprint density at radius 1 is 1.17 bits per heavy atom. The SMILES string of the molecule is Cc1cccc2sc(N(Cc3cccnc3)C(=O)C3CCCCN3S(=O)(=O)c3ccc(Cl)s3)nc12. The minimum Gasteiger partial charge on any atom is -0.282 e. The smallest absolute Gasteiger partial charge is 0.253 e. The third-order valence-corrected chi connectivity index (χ3v) is 10.7. The average molecular weight is 547 g/mol. The predicted octanol–water partition coefficient (Wildman–Crippen LogP) is 5.49. The molecule has 1 fully saturated rings. The van der Waals surface area contributed by atoms with Crippen LogP contribution >= 0.6 is 34.3 Å². The predicted molar refractivity (Wildman–Crippen MR) is 141 cm³/mol. The second kappa shape index (κ2) is 9.94. The summed E-state index contributed by atoms with van der Waals surface area (Å²) in [6, 6.07) is 11.9. The third kappa shape index (κ3) is 4.85. The molecule has 0 spiro atoms. The summed E-state index contributed by atoms with van der Waals surface area (Å²) in [5.74, 6) is -0.281. The third-order valence-electron chi connectivity index (χ3n) is 6.02. The molecule has 1 unspecified atom stereocenters. The zero-order valence-corrected chi connectivity index (χ0v) is 22.1. The van der Waals surface area contributed by atoms with Gasteiger partial charge in [-0.15, -0.1) is 11.3 Å². The molecule has 182 valence electrons. The van der Waals surface area contributed by atoms with Crippen molar-refractivity contribution in [3.63, 3.8) is 0 Å².